The summed E-state index contributed by atoms with van der Waals surface area (Å²) in [5.74, 6) is 0.515. The van der Waals surface area contributed by atoms with Crippen LogP contribution < -0.4 is 14.4 Å². The average Bonchev–Trinajstić information content (AvgIpc) is 3.17. The summed E-state index contributed by atoms with van der Waals surface area (Å²) in [7, 11) is 0. The van der Waals surface area contributed by atoms with E-state index in [-0.39, 0.29) is 11.7 Å². The molecule has 1 aliphatic heterocycles. The first kappa shape index (κ1) is 19.7. The minimum absolute atomic E-state index is 0.0431. The number of anilines is 1. The van der Waals surface area contributed by atoms with E-state index in [1.165, 1.54) is 12.5 Å². The Morgan fingerprint density at radius 3 is 2.41 bits per heavy atom. The molecular formula is C22H19Cl2NO4. The normalized spacial score (nSPS) is 13.9. The Bertz CT molecular complexity index is 991. The quantitative estimate of drug-likeness (QED) is 0.336. The number of rotatable bonds is 5. The zero-order valence-corrected chi connectivity index (χ0v) is 17.1. The molecule has 0 radical (unpaired) electrons. The van der Waals surface area contributed by atoms with Gasteiger partial charge in [0.2, 0.25) is 5.76 Å². The molecule has 0 amide bonds. The molecule has 0 bridgehead atoms. The summed E-state index contributed by atoms with van der Waals surface area (Å²) in [6.07, 6.45) is 3.49. The molecule has 1 saturated heterocycles. The monoisotopic (exact) mass is 431 g/mol. The number of carbonyl (C=O) groups is 1. The number of hydrogen-bond acceptors (Lipinski definition) is 5. The topological polar surface area (TPSA) is 51.9 Å². The molecule has 2 aromatic carbocycles. The maximum Gasteiger partial charge on any atom is 0.379 e. The number of benzene rings is 2. The first-order valence-electron chi connectivity index (χ1n) is 9.38. The van der Waals surface area contributed by atoms with Gasteiger partial charge >= 0.3 is 5.97 Å². The van der Waals surface area contributed by atoms with E-state index in [4.69, 9.17) is 37.1 Å². The van der Waals surface area contributed by atoms with Crippen molar-refractivity contribution in [2.75, 3.05) is 18.0 Å². The Hall–Kier alpha value is -2.63. The van der Waals surface area contributed by atoms with Crippen molar-refractivity contribution in [3.8, 4) is 17.4 Å². The van der Waals surface area contributed by atoms with Gasteiger partial charge in [-0.25, -0.2) is 4.79 Å². The number of piperidine rings is 1. The molecule has 0 spiro atoms. The average molecular weight is 432 g/mol. The van der Waals surface area contributed by atoms with E-state index in [9.17, 15) is 4.79 Å². The maximum absolute atomic E-state index is 12.6. The molecule has 1 aliphatic rings. The SMILES string of the molecule is O=C(Oc1ccccc1N1CCCCC1)c1ccc(Oc2cc(Cl)cc(Cl)c2)o1. The summed E-state index contributed by atoms with van der Waals surface area (Å²) in [5.41, 5.74) is 0.914. The van der Waals surface area contributed by atoms with Gasteiger partial charge in [0.1, 0.15) is 5.75 Å². The van der Waals surface area contributed by atoms with Gasteiger partial charge in [-0.1, -0.05) is 35.3 Å². The van der Waals surface area contributed by atoms with E-state index >= 15 is 0 Å². The lowest BCUT2D eigenvalue weighted by Crippen LogP contribution is -2.30. The first-order valence-corrected chi connectivity index (χ1v) is 10.1. The fourth-order valence-electron chi connectivity index (χ4n) is 3.28. The highest BCUT2D eigenvalue weighted by Gasteiger charge is 2.20. The van der Waals surface area contributed by atoms with Gasteiger partial charge in [0.25, 0.3) is 5.95 Å². The molecule has 4 rings (SSSR count). The van der Waals surface area contributed by atoms with Crippen molar-refractivity contribution >= 4 is 34.9 Å². The molecular weight excluding hydrogens is 413 g/mol. The Labute approximate surface area is 178 Å². The largest absolute Gasteiger partial charge is 0.426 e. The van der Waals surface area contributed by atoms with Gasteiger partial charge in [-0.15, -0.1) is 0 Å². The zero-order valence-electron chi connectivity index (χ0n) is 15.6. The number of para-hydroxylation sites is 2. The lowest BCUT2D eigenvalue weighted by molar-refractivity contribution is 0.0696. The fourth-order valence-corrected chi connectivity index (χ4v) is 3.78. The van der Waals surface area contributed by atoms with Crippen LogP contribution in [0.25, 0.3) is 0 Å². The van der Waals surface area contributed by atoms with Crippen LogP contribution in [0.3, 0.4) is 0 Å². The number of hydrogen-bond donors (Lipinski definition) is 0. The molecule has 2 heterocycles. The highest BCUT2D eigenvalue weighted by Crippen LogP contribution is 2.32. The van der Waals surface area contributed by atoms with Gasteiger partial charge in [0, 0.05) is 29.2 Å². The minimum atomic E-state index is -0.589. The number of esters is 1. The molecule has 150 valence electrons. The zero-order chi connectivity index (χ0) is 20.2. The summed E-state index contributed by atoms with van der Waals surface area (Å²) in [6, 6.07) is 15.4. The van der Waals surface area contributed by atoms with Crippen LogP contribution >= 0.6 is 23.2 Å². The summed E-state index contributed by atoms with van der Waals surface area (Å²) < 4.78 is 16.7. The second-order valence-electron chi connectivity index (χ2n) is 6.73. The number of carbonyl (C=O) groups excluding carboxylic acids is 1. The second-order valence-corrected chi connectivity index (χ2v) is 7.60. The van der Waals surface area contributed by atoms with Crippen molar-refractivity contribution in [1.82, 2.24) is 0 Å². The molecule has 0 atom stereocenters. The predicted octanol–water partition coefficient (Wildman–Crippen LogP) is 6.59. The van der Waals surface area contributed by atoms with Crippen molar-refractivity contribution < 1.29 is 18.7 Å². The van der Waals surface area contributed by atoms with E-state index in [0.717, 1.165) is 31.6 Å². The summed E-state index contributed by atoms with van der Waals surface area (Å²) in [4.78, 5) is 14.8. The third kappa shape index (κ3) is 4.86. The van der Waals surface area contributed by atoms with Crippen molar-refractivity contribution in [1.29, 1.82) is 0 Å². The van der Waals surface area contributed by atoms with Crippen LogP contribution in [0, 0.1) is 0 Å². The van der Waals surface area contributed by atoms with Gasteiger partial charge in [-0.05, 0) is 55.7 Å². The van der Waals surface area contributed by atoms with Gasteiger partial charge in [0.05, 0.1) is 5.69 Å². The first-order chi connectivity index (χ1) is 14.1. The molecule has 0 N–H and O–H groups in total. The fraction of sp³-hybridized carbons (Fsp3) is 0.227. The lowest BCUT2D eigenvalue weighted by atomic mass is 10.1. The predicted molar refractivity (Wildman–Crippen MR) is 113 cm³/mol. The van der Waals surface area contributed by atoms with E-state index in [0.29, 0.717) is 21.5 Å². The van der Waals surface area contributed by atoms with E-state index in [2.05, 4.69) is 4.90 Å². The summed E-state index contributed by atoms with van der Waals surface area (Å²) in [5, 5.41) is 0.876. The highest BCUT2D eigenvalue weighted by molar-refractivity contribution is 6.34. The van der Waals surface area contributed by atoms with Crippen LogP contribution in [-0.4, -0.2) is 19.1 Å². The van der Waals surface area contributed by atoms with Gasteiger partial charge in [0.15, 0.2) is 5.75 Å². The molecule has 29 heavy (non-hydrogen) atoms. The molecule has 1 fully saturated rings. The van der Waals surface area contributed by atoms with E-state index in [1.807, 2.05) is 18.2 Å². The van der Waals surface area contributed by atoms with Crippen LogP contribution in [0.4, 0.5) is 5.69 Å². The summed E-state index contributed by atoms with van der Waals surface area (Å²) >= 11 is 11.9. The van der Waals surface area contributed by atoms with Crippen molar-refractivity contribution in [2.45, 2.75) is 19.3 Å². The van der Waals surface area contributed by atoms with Crippen molar-refractivity contribution in [2.24, 2.45) is 0 Å². The van der Waals surface area contributed by atoms with Crippen molar-refractivity contribution in [3.05, 3.63) is 70.4 Å². The molecule has 5 nitrogen and oxygen atoms in total. The lowest BCUT2D eigenvalue weighted by Gasteiger charge is -2.29. The molecule has 3 aromatic rings. The Morgan fingerprint density at radius 2 is 1.66 bits per heavy atom. The van der Waals surface area contributed by atoms with Crippen LogP contribution in [0.2, 0.25) is 10.0 Å². The standard InChI is InChI=1S/C22H19Cl2NO4/c23-15-12-16(24)14-17(13-15)27-21-9-8-20(28-21)22(26)29-19-7-3-2-6-18(19)25-10-4-1-5-11-25/h2-3,6-9,12-14H,1,4-5,10-11H2. The molecule has 0 saturated carbocycles. The number of furan rings is 1. The van der Waals surface area contributed by atoms with Gasteiger partial charge < -0.3 is 18.8 Å². The third-order valence-corrected chi connectivity index (χ3v) is 5.04. The Balaban J connectivity index is 1.47. The highest BCUT2D eigenvalue weighted by atomic mass is 35.5. The van der Waals surface area contributed by atoms with Gasteiger partial charge in [-0.2, -0.15) is 0 Å². The Morgan fingerprint density at radius 1 is 0.931 bits per heavy atom. The third-order valence-electron chi connectivity index (χ3n) is 4.60. The van der Waals surface area contributed by atoms with Crippen LogP contribution in [0.1, 0.15) is 29.8 Å². The second kappa shape index (κ2) is 8.80. The van der Waals surface area contributed by atoms with Crippen molar-refractivity contribution in [3.63, 3.8) is 0 Å². The van der Waals surface area contributed by atoms with Gasteiger partial charge in [-0.3, -0.25) is 0 Å². The minimum Gasteiger partial charge on any atom is -0.426 e. The number of halogens is 2. The number of ether oxygens (including phenoxy) is 2. The smallest absolute Gasteiger partial charge is 0.379 e. The van der Waals surface area contributed by atoms with E-state index < -0.39 is 5.97 Å². The molecule has 0 unspecified atom stereocenters. The van der Waals surface area contributed by atoms with Crippen LogP contribution in [0.5, 0.6) is 17.4 Å². The molecule has 1 aromatic heterocycles. The van der Waals surface area contributed by atoms with Crippen LogP contribution in [0.15, 0.2) is 59.0 Å². The molecule has 7 heteroatoms. The maximum atomic E-state index is 12.6. The van der Waals surface area contributed by atoms with Crippen LogP contribution in [-0.2, 0) is 0 Å². The molecule has 0 aliphatic carbocycles. The summed E-state index contributed by atoms with van der Waals surface area (Å²) in [6.45, 7) is 1.91. The Kier molecular flexibility index (Phi) is 5.97. The van der Waals surface area contributed by atoms with E-state index in [1.54, 1.807) is 30.3 Å². The number of nitrogens with zero attached hydrogens (tertiary/aromatic N) is 1.